The summed E-state index contributed by atoms with van der Waals surface area (Å²) in [5.41, 5.74) is 10.3. The largest absolute Gasteiger partial charge is 0.480 e. The van der Waals surface area contributed by atoms with Crippen LogP contribution in [0.2, 0.25) is 0 Å². The normalized spacial score (nSPS) is 15.2. The zero-order valence-electron chi connectivity index (χ0n) is 13.8. The quantitative estimate of drug-likeness (QED) is 0.202. The van der Waals surface area contributed by atoms with Gasteiger partial charge >= 0.3 is 5.97 Å². The van der Waals surface area contributed by atoms with Crippen molar-refractivity contribution in [2.45, 2.75) is 44.5 Å². The highest BCUT2D eigenvalue weighted by molar-refractivity contribution is 5.95. The van der Waals surface area contributed by atoms with Gasteiger partial charge in [0.2, 0.25) is 23.6 Å². The number of carbonyl (C=O) groups is 5. The fraction of sp³-hybridized carbons (Fsp3) is 0.615. The molecule has 0 aromatic carbocycles. The standard InChI is InChI=1S/C13H23N5O7/c1-5(14)11(22)16-4-9(21)17-7(3-8(15)20)12(23)18-10(6(2)19)13(24)25/h5-7,10,19H,3-4,14H2,1-2H3,(H2,15,20)(H,16,22)(H,17,21)(H,18,23)(H,24,25). The minimum atomic E-state index is -1.64. The molecule has 4 unspecified atom stereocenters. The summed E-state index contributed by atoms with van der Waals surface area (Å²) < 4.78 is 0. The number of aliphatic hydroxyl groups excluding tert-OH is 1. The summed E-state index contributed by atoms with van der Waals surface area (Å²) in [6, 6.07) is -3.96. The monoisotopic (exact) mass is 361 g/mol. The lowest BCUT2D eigenvalue weighted by Crippen LogP contribution is -2.56. The van der Waals surface area contributed by atoms with Crippen LogP contribution in [0.15, 0.2) is 0 Å². The van der Waals surface area contributed by atoms with Crippen LogP contribution in [-0.2, 0) is 24.0 Å². The van der Waals surface area contributed by atoms with Crippen LogP contribution < -0.4 is 27.4 Å². The van der Waals surface area contributed by atoms with Gasteiger partial charge in [-0.15, -0.1) is 0 Å². The molecule has 0 fully saturated rings. The number of nitrogens with two attached hydrogens (primary N) is 2. The Bertz CT molecular complexity index is 535. The molecule has 12 heteroatoms. The van der Waals surface area contributed by atoms with E-state index in [1.54, 1.807) is 0 Å². The summed E-state index contributed by atoms with van der Waals surface area (Å²) in [6.07, 6.45) is -2.03. The van der Waals surface area contributed by atoms with E-state index in [4.69, 9.17) is 16.6 Å². The average Bonchev–Trinajstić information content (AvgIpc) is 2.47. The van der Waals surface area contributed by atoms with Crippen LogP contribution in [0, 0.1) is 0 Å². The molecule has 0 saturated heterocycles. The molecule has 0 aliphatic heterocycles. The van der Waals surface area contributed by atoms with Crippen LogP contribution in [0.3, 0.4) is 0 Å². The molecule has 0 heterocycles. The number of hydrogen-bond acceptors (Lipinski definition) is 7. The van der Waals surface area contributed by atoms with E-state index in [0.717, 1.165) is 6.92 Å². The van der Waals surface area contributed by atoms with Gasteiger partial charge in [0, 0.05) is 0 Å². The Balaban J connectivity index is 4.90. The van der Waals surface area contributed by atoms with Crippen molar-refractivity contribution in [3.8, 4) is 0 Å². The second-order valence-electron chi connectivity index (χ2n) is 5.36. The van der Waals surface area contributed by atoms with E-state index in [2.05, 4.69) is 10.6 Å². The zero-order valence-corrected chi connectivity index (χ0v) is 13.8. The highest BCUT2D eigenvalue weighted by Gasteiger charge is 2.30. The topological polar surface area (TPSA) is 214 Å². The van der Waals surface area contributed by atoms with Crippen molar-refractivity contribution < 1.29 is 34.2 Å². The third-order valence-corrected chi connectivity index (χ3v) is 2.94. The van der Waals surface area contributed by atoms with Crippen molar-refractivity contribution in [3.63, 3.8) is 0 Å². The predicted molar refractivity (Wildman–Crippen MR) is 83.6 cm³/mol. The Kier molecular flexibility index (Phi) is 9.09. The number of rotatable bonds is 10. The second kappa shape index (κ2) is 10.2. The second-order valence-corrected chi connectivity index (χ2v) is 5.36. The van der Waals surface area contributed by atoms with Gasteiger partial charge in [0.15, 0.2) is 6.04 Å². The molecule has 0 aliphatic rings. The first kappa shape index (κ1) is 22.3. The van der Waals surface area contributed by atoms with Crippen molar-refractivity contribution in [2.75, 3.05) is 6.54 Å². The minimum Gasteiger partial charge on any atom is -0.480 e. The molecule has 0 aromatic rings. The fourth-order valence-electron chi connectivity index (χ4n) is 1.63. The molecule has 25 heavy (non-hydrogen) atoms. The molecule has 12 nitrogen and oxygen atoms in total. The Morgan fingerprint density at radius 1 is 1.04 bits per heavy atom. The van der Waals surface area contributed by atoms with Crippen LogP contribution in [-0.4, -0.2) is 70.6 Å². The van der Waals surface area contributed by atoms with Crippen LogP contribution in [0.1, 0.15) is 20.3 Å². The maximum Gasteiger partial charge on any atom is 0.328 e. The number of hydrogen-bond donors (Lipinski definition) is 7. The molecule has 0 aliphatic carbocycles. The lowest BCUT2D eigenvalue weighted by molar-refractivity contribution is -0.145. The summed E-state index contributed by atoms with van der Waals surface area (Å²) in [5, 5.41) is 24.6. The number of carboxylic acid groups (broad SMARTS) is 1. The van der Waals surface area contributed by atoms with Gasteiger partial charge in [-0.2, -0.15) is 0 Å². The number of aliphatic hydroxyl groups is 1. The van der Waals surface area contributed by atoms with Crippen molar-refractivity contribution >= 4 is 29.6 Å². The number of aliphatic carboxylic acids is 1. The van der Waals surface area contributed by atoms with E-state index < -0.39 is 66.8 Å². The Labute approximate surface area is 143 Å². The van der Waals surface area contributed by atoms with Gasteiger partial charge in [0.1, 0.15) is 6.04 Å². The van der Waals surface area contributed by atoms with E-state index in [1.165, 1.54) is 6.92 Å². The molecule has 0 bridgehead atoms. The Morgan fingerprint density at radius 2 is 1.60 bits per heavy atom. The van der Waals surface area contributed by atoms with Crippen molar-refractivity contribution in [2.24, 2.45) is 11.5 Å². The molecular weight excluding hydrogens is 338 g/mol. The molecule has 0 rings (SSSR count). The molecular formula is C13H23N5O7. The first-order valence-corrected chi connectivity index (χ1v) is 7.27. The highest BCUT2D eigenvalue weighted by atomic mass is 16.4. The number of carbonyl (C=O) groups excluding carboxylic acids is 4. The lowest BCUT2D eigenvalue weighted by atomic mass is 10.1. The van der Waals surface area contributed by atoms with Crippen LogP contribution in [0.25, 0.3) is 0 Å². The average molecular weight is 361 g/mol. The SMILES string of the molecule is CC(N)C(=O)NCC(=O)NC(CC(N)=O)C(=O)NC(C(=O)O)C(C)O. The molecule has 4 atom stereocenters. The first-order chi connectivity index (χ1) is 11.5. The summed E-state index contributed by atoms with van der Waals surface area (Å²) in [7, 11) is 0. The summed E-state index contributed by atoms with van der Waals surface area (Å²) >= 11 is 0. The number of nitrogens with one attached hydrogen (secondary N) is 3. The predicted octanol–water partition coefficient (Wildman–Crippen LogP) is -4.24. The van der Waals surface area contributed by atoms with Crippen LogP contribution >= 0.6 is 0 Å². The first-order valence-electron chi connectivity index (χ1n) is 7.27. The molecule has 4 amide bonds. The maximum absolute atomic E-state index is 12.1. The summed E-state index contributed by atoms with van der Waals surface area (Å²) in [6.45, 7) is 2.03. The number of primary amides is 1. The Morgan fingerprint density at radius 3 is 2.00 bits per heavy atom. The van der Waals surface area contributed by atoms with Crippen molar-refractivity contribution in [1.29, 1.82) is 0 Å². The fourth-order valence-corrected chi connectivity index (χ4v) is 1.63. The molecule has 0 aromatic heterocycles. The highest BCUT2D eigenvalue weighted by Crippen LogP contribution is 1.98. The Hall–Kier alpha value is -2.73. The van der Waals surface area contributed by atoms with Gasteiger partial charge < -0.3 is 37.6 Å². The minimum absolute atomic E-state index is 0.512. The van der Waals surface area contributed by atoms with Gasteiger partial charge in [-0.3, -0.25) is 19.2 Å². The van der Waals surface area contributed by atoms with E-state index >= 15 is 0 Å². The van der Waals surface area contributed by atoms with Crippen molar-refractivity contribution in [1.82, 2.24) is 16.0 Å². The van der Waals surface area contributed by atoms with Gasteiger partial charge in [0.25, 0.3) is 0 Å². The molecule has 0 radical (unpaired) electrons. The smallest absolute Gasteiger partial charge is 0.328 e. The van der Waals surface area contributed by atoms with Gasteiger partial charge in [-0.1, -0.05) is 0 Å². The number of carboxylic acids is 1. The third-order valence-electron chi connectivity index (χ3n) is 2.94. The summed E-state index contributed by atoms with van der Waals surface area (Å²) in [4.78, 5) is 57.1. The lowest BCUT2D eigenvalue weighted by Gasteiger charge is -2.22. The van der Waals surface area contributed by atoms with E-state index in [1.807, 2.05) is 5.32 Å². The third kappa shape index (κ3) is 8.62. The number of amides is 4. The van der Waals surface area contributed by atoms with Crippen LogP contribution in [0.4, 0.5) is 0 Å². The molecule has 0 saturated carbocycles. The van der Waals surface area contributed by atoms with E-state index in [0.29, 0.717) is 0 Å². The molecule has 9 N–H and O–H groups in total. The molecule has 0 spiro atoms. The van der Waals surface area contributed by atoms with Gasteiger partial charge in [0.05, 0.1) is 25.1 Å². The molecule has 142 valence electrons. The van der Waals surface area contributed by atoms with Gasteiger partial charge in [-0.05, 0) is 13.8 Å². The zero-order chi connectivity index (χ0) is 19.7. The van der Waals surface area contributed by atoms with Gasteiger partial charge in [-0.25, -0.2) is 4.79 Å². The summed E-state index contributed by atoms with van der Waals surface area (Å²) in [5.74, 6) is -4.88. The van der Waals surface area contributed by atoms with E-state index in [-0.39, 0.29) is 0 Å². The maximum atomic E-state index is 12.1. The van der Waals surface area contributed by atoms with Crippen molar-refractivity contribution in [3.05, 3.63) is 0 Å². The van der Waals surface area contributed by atoms with E-state index in [9.17, 15) is 29.1 Å². The van der Waals surface area contributed by atoms with Crippen LogP contribution in [0.5, 0.6) is 0 Å².